The zero-order valence-electron chi connectivity index (χ0n) is 16.0. The number of Topliss-reactive ketones (excluding diaryl/α,β-unsaturated/α-hetero) is 1. The van der Waals surface area contributed by atoms with Crippen LogP contribution in [0.1, 0.15) is 56.2 Å². The highest BCUT2D eigenvalue weighted by Gasteiger charge is 2.20. The maximum Gasteiger partial charge on any atom is 0.137 e. The maximum absolute atomic E-state index is 12.4. The lowest BCUT2D eigenvalue weighted by molar-refractivity contribution is -0.118. The highest BCUT2D eigenvalue weighted by atomic mass is 16.1. The molecule has 0 radical (unpaired) electrons. The molecular weight excluding hydrogens is 316 g/mol. The van der Waals surface area contributed by atoms with Crippen molar-refractivity contribution < 1.29 is 4.79 Å². The van der Waals surface area contributed by atoms with Crippen molar-refractivity contribution in [3.63, 3.8) is 0 Å². The maximum atomic E-state index is 12.4. The van der Waals surface area contributed by atoms with Crippen molar-refractivity contribution in [2.24, 2.45) is 5.92 Å². The Labute approximate surface area is 157 Å². The zero-order chi connectivity index (χ0) is 18.5. The molecule has 1 atom stereocenters. The molecule has 0 spiro atoms. The van der Waals surface area contributed by atoms with Crippen LogP contribution in [0.3, 0.4) is 0 Å². The molecule has 26 heavy (non-hydrogen) atoms. The van der Waals surface area contributed by atoms with Gasteiger partial charge >= 0.3 is 0 Å². The smallest absolute Gasteiger partial charge is 0.137 e. The summed E-state index contributed by atoms with van der Waals surface area (Å²) in [4.78, 5) is 12.4. The van der Waals surface area contributed by atoms with Crippen molar-refractivity contribution in [3.05, 3.63) is 89.0 Å². The number of carbonyl (C=O) groups excluding carboxylic acids is 1. The van der Waals surface area contributed by atoms with Gasteiger partial charge in [-0.05, 0) is 34.6 Å². The van der Waals surface area contributed by atoms with Gasteiger partial charge in [0.05, 0.1) is 0 Å². The van der Waals surface area contributed by atoms with Crippen LogP contribution in [0.2, 0.25) is 0 Å². The lowest BCUT2D eigenvalue weighted by atomic mass is 9.89. The summed E-state index contributed by atoms with van der Waals surface area (Å²) >= 11 is 0. The highest BCUT2D eigenvalue weighted by molar-refractivity contribution is 5.81. The minimum Gasteiger partial charge on any atom is -0.299 e. The molecule has 1 unspecified atom stereocenters. The first kappa shape index (κ1) is 18.4. The van der Waals surface area contributed by atoms with Crippen LogP contribution in [-0.4, -0.2) is 5.78 Å². The summed E-state index contributed by atoms with van der Waals surface area (Å²) < 4.78 is 0. The minimum absolute atomic E-state index is 0.323. The van der Waals surface area contributed by atoms with Crippen molar-refractivity contribution >= 4 is 11.4 Å². The quantitative estimate of drug-likeness (QED) is 0.571. The van der Waals surface area contributed by atoms with E-state index >= 15 is 0 Å². The van der Waals surface area contributed by atoms with Gasteiger partial charge in [0.25, 0.3) is 0 Å². The second-order valence-electron chi connectivity index (χ2n) is 7.56. The summed E-state index contributed by atoms with van der Waals surface area (Å²) in [6, 6.07) is 19.0. The summed E-state index contributed by atoms with van der Waals surface area (Å²) in [7, 11) is 0. The van der Waals surface area contributed by atoms with Gasteiger partial charge in [-0.15, -0.1) is 0 Å². The van der Waals surface area contributed by atoms with Gasteiger partial charge in [0.2, 0.25) is 0 Å². The summed E-state index contributed by atoms with van der Waals surface area (Å²) in [6.45, 7) is 6.62. The lowest BCUT2D eigenvalue weighted by Gasteiger charge is -2.15. The van der Waals surface area contributed by atoms with Crippen LogP contribution in [0.4, 0.5) is 0 Å². The van der Waals surface area contributed by atoms with E-state index in [-0.39, 0.29) is 0 Å². The van der Waals surface area contributed by atoms with Crippen LogP contribution in [-0.2, 0) is 11.2 Å². The normalized spacial score (nSPS) is 16.5. The van der Waals surface area contributed by atoms with Crippen LogP contribution < -0.4 is 0 Å². The Morgan fingerprint density at radius 2 is 1.65 bits per heavy atom. The third-order valence-corrected chi connectivity index (χ3v) is 5.35. The van der Waals surface area contributed by atoms with Gasteiger partial charge in [0.1, 0.15) is 5.78 Å². The monoisotopic (exact) mass is 344 g/mol. The molecule has 0 aliphatic heterocycles. The number of allylic oxidation sites excluding steroid dienone is 4. The Morgan fingerprint density at radius 3 is 2.31 bits per heavy atom. The van der Waals surface area contributed by atoms with Crippen molar-refractivity contribution in [1.82, 2.24) is 0 Å². The fourth-order valence-electron chi connectivity index (χ4n) is 3.58. The second kappa shape index (κ2) is 8.31. The third kappa shape index (κ3) is 4.40. The fraction of sp³-hybridized carbons (Fsp3) is 0.320. The van der Waals surface area contributed by atoms with Gasteiger partial charge in [-0.1, -0.05) is 93.1 Å². The molecule has 2 aromatic rings. The van der Waals surface area contributed by atoms with E-state index in [1.807, 2.05) is 6.07 Å². The first-order valence-electron chi connectivity index (χ1n) is 9.61. The van der Waals surface area contributed by atoms with E-state index in [9.17, 15) is 4.79 Å². The first-order valence-corrected chi connectivity index (χ1v) is 9.61. The minimum atomic E-state index is 0.323. The molecular formula is C25H28O. The van der Waals surface area contributed by atoms with Crippen molar-refractivity contribution in [2.45, 2.75) is 46.0 Å². The van der Waals surface area contributed by atoms with Gasteiger partial charge in [0, 0.05) is 18.8 Å². The SMILES string of the molecule is CC1C(CCC(=O)Cc2ccc(C(C)C)cc2)=CC=C1c1ccccc1. The Balaban J connectivity index is 1.51. The van der Waals surface area contributed by atoms with Gasteiger partial charge < -0.3 is 0 Å². The van der Waals surface area contributed by atoms with E-state index in [1.165, 1.54) is 22.3 Å². The van der Waals surface area contributed by atoms with E-state index in [4.69, 9.17) is 0 Å². The number of ketones is 1. The largest absolute Gasteiger partial charge is 0.299 e. The van der Waals surface area contributed by atoms with Crippen LogP contribution in [0, 0.1) is 5.92 Å². The Bertz CT molecular complexity index is 807. The average Bonchev–Trinajstić information content (AvgIpc) is 3.02. The number of hydrogen-bond acceptors (Lipinski definition) is 1. The predicted octanol–water partition coefficient (Wildman–Crippen LogP) is 6.36. The molecule has 1 aliphatic carbocycles. The molecule has 0 amide bonds. The molecule has 2 aromatic carbocycles. The predicted molar refractivity (Wildman–Crippen MR) is 110 cm³/mol. The number of hydrogen-bond donors (Lipinski definition) is 0. The number of benzene rings is 2. The Morgan fingerprint density at radius 1 is 0.962 bits per heavy atom. The van der Waals surface area contributed by atoms with Gasteiger partial charge in [-0.25, -0.2) is 0 Å². The Kier molecular flexibility index (Phi) is 5.88. The van der Waals surface area contributed by atoms with Crippen molar-refractivity contribution in [3.8, 4) is 0 Å². The molecule has 1 heteroatoms. The van der Waals surface area contributed by atoms with E-state index in [0.717, 1.165) is 12.0 Å². The molecule has 0 heterocycles. The molecule has 134 valence electrons. The van der Waals surface area contributed by atoms with Crippen LogP contribution in [0.5, 0.6) is 0 Å². The molecule has 0 N–H and O–H groups in total. The number of carbonyl (C=O) groups is 1. The molecule has 0 aromatic heterocycles. The summed E-state index contributed by atoms with van der Waals surface area (Å²) in [5.74, 6) is 1.25. The van der Waals surface area contributed by atoms with Crippen molar-refractivity contribution in [2.75, 3.05) is 0 Å². The molecule has 3 rings (SSSR count). The van der Waals surface area contributed by atoms with Crippen molar-refractivity contribution in [1.29, 1.82) is 0 Å². The van der Waals surface area contributed by atoms with Crippen LogP contribution >= 0.6 is 0 Å². The Hall–Kier alpha value is -2.41. The van der Waals surface area contributed by atoms with Gasteiger partial charge in [-0.3, -0.25) is 4.79 Å². The fourth-order valence-corrected chi connectivity index (χ4v) is 3.58. The summed E-state index contributed by atoms with van der Waals surface area (Å²) in [5, 5.41) is 0. The standard InChI is InChI=1S/C25H28O/c1-18(2)21-11-9-20(10-12-21)17-24(26)15-13-22-14-16-25(19(22)3)23-7-5-4-6-8-23/h4-12,14,16,18-19H,13,15,17H2,1-3H3. The van der Waals surface area contributed by atoms with E-state index < -0.39 is 0 Å². The lowest BCUT2D eigenvalue weighted by Crippen LogP contribution is -2.06. The second-order valence-corrected chi connectivity index (χ2v) is 7.56. The molecule has 0 saturated carbocycles. The van der Waals surface area contributed by atoms with Crippen LogP contribution in [0.15, 0.2) is 72.3 Å². The van der Waals surface area contributed by atoms with E-state index in [0.29, 0.717) is 30.5 Å². The van der Waals surface area contributed by atoms with E-state index in [2.05, 4.69) is 81.5 Å². The molecule has 1 nitrogen and oxygen atoms in total. The average molecular weight is 344 g/mol. The highest BCUT2D eigenvalue weighted by Crippen LogP contribution is 2.36. The molecule has 1 aliphatic rings. The summed E-state index contributed by atoms with van der Waals surface area (Å²) in [5.41, 5.74) is 6.45. The first-order chi connectivity index (χ1) is 12.5. The topological polar surface area (TPSA) is 17.1 Å². The van der Waals surface area contributed by atoms with E-state index in [1.54, 1.807) is 0 Å². The molecule has 0 bridgehead atoms. The summed E-state index contributed by atoms with van der Waals surface area (Å²) in [6.07, 6.45) is 6.44. The number of rotatable bonds is 7. The third-order valence-electron chi connectivity index (χ3n) is 5.35. The zero-order valence-corrected chi connectivity index (χ0v) is 16.0. The molecule has 0 saturated heterocycles. The van der Waals surface area contributed by atoms with Gasteiger partial charge in [-0.2, -0.15) is 0 Å². The van der Waals surface area contributed by atoms with Gasteiger partial charge in [0.15, 0.2) is 0 Å². The molecule has 0 fully saturated rings. The van der Waals surface area contributed by atoms with Crippen LogP contribution in [0.25, 0.3) is 5.57 Å².